The lowest BCUT2D eigenvalue weighted by Crippen LogP contribution is -2.48. The van der Waals surface area contributed by atoms with Gasteiger partial charge in [-0.3, -0.25) is 0 Å². The Morgan fingerprint density at radius 3 is 2.29 bits per heavy atom. The molecule has 1 saturated heterocycles. The van der Waals surface area contributed by atoms with E-state index in [1.54, 1.807) is 0 Å². The maximum atomic E-state index is 12.8. The van der Waals surface area contributed by atoms with Crippen molar-refractivity contribution in [3.05, 3.63) is 54.1 Å². The molecule has 2 aromatic rings. The first-order valence-electron chi connectivity index (χ1n) is 11.4. The first-order chi connectivity index (χ1) is 16.1. The van der Waals surface area contributed by atoms with Crippen molar-refractivity contribution in [3.8, 4) is 0 Å². The van der Waals surface area contributed by atoms with Crippen LogP contribution in [-0.4, -0.2) is 56.0 Å². The molecule has 2 fully saturated rings. The molecule has 4 rings (SSSR count). The van der Waals surface area contributed by atoms with Gasteiger partial charge in [0.2, 0.25) is 15.8 Å². The molecule has 0 bridgehead atoms. The highest BCUT2D eigenvalue weighted by molar-refractivity contribution is 7.88. The van der Waals surface area contributed by atoms with Gasteiger partial charge in [-0.1, -0.05) is 30.3 Å². The summed E-state index contributed by atoms with van der Waals surface area (Å²) >= 11 is 0. The summed E-state index contributed by atoms with van der Waals surface area (Å²) in [7, 11) is -3.47. The number of hydrogen-bond donors (Lipinski definition) is 1. The van der Waals surface area contributed by atoms with Crippen LogP contribution in [-0.2, 0) is 20.9 Å². The van der Waals surface area contributed by atoms with Crippen molar-refractivity contribution in [3.63, 3.8) is 0 Å². The fraction of sp³-hybridized carbons (Fsp3) is 0.565. The molecule has 1 aliphatic carbocycles. The molecular formula is C23H29F3N4O3S. The minimum absolute atomic E-state index is 0.0603. The van der Waals surface area contributed by atoms with E-state index < -0.39 is 28.1 Å². The summed E-state index contributed by atoms with van der Waals surface area (Å²) in [6, 6.07) is 9.61. The molecule has 0 spiro atoms. The zero-order valence-corrected chi connectivity index (χ0v) is 19.7. The van der Waals surface area contributed by atoms with Gasteiger partial charge >= 0.3 is 6.18 Å². The second kappa shape index (κ2) is 10.2. The van der Waals surface area contributed by atoms with Crippen LogP contribution in [0.4, 0.5) is 18.9 Å². The number of halogens is 3. The van der Waals surface area contributed by atoms with Crippen molar-refractivity contribution < 1.29 is 26.3 Å². The number of nitrogens with one attached hydrogen (secondary N) is 1. The Labute approximate surface area is 197 Å². The van der Waals surface area contributed by atoms with E-state index >= 15 is 0 Å². The fourth-order valence-corrected chi connectivity index (χ4v) is 5.76. The molecule has 0 radical (unpaired) electrons. The van der Waals surface area contributed by atoms with E-state index in [4.69, 9.17) is 4.74 Å². The molecule has 11 heteroatoms. The van der Waals surface area contributed by atoms with Crippen molar-refractivity contribution in [1.29, 1.82) is 0 Å². The molecule has 2 atom stereocenters. The maximum Gasteiger partial charge on any atom is 0.451 e. The van der Waals surface area contributed by atoms with Crippen LogP contribution in [0.25, 0.3) is 0 Å². The number of rotatable bonds is 7. The summed E-state index contributed by atoms with van der Waals surface area (Å²) < 4.78 is 71.2. The Hall–Kier alpha value is -2.24. The van der Waals surface area contributed by atoms with Gasteiger partial charge in [0.25, 0.3) is 0 Å². The van der Waals surface area contributed by atoms with Crippen LogP contribution in [0.3, 0.4) is 0 Å². The van der Waals surface area contributed by atoms with Gasteiger partial charge in [0.05, 0.1) is 43.1 Å². The molecule has 1 aromatic carbocycles. The van der Waals surface area contributed by atoms with E-state index in [1.165, 1.54) is 5.56 Å². The number of sulfonamides is 1. The van der Waals surface area contributed by atoms with Gasteiger partial charge < -0.3 is 9.64 Å². The van der Waals surface area contributed by atoms with Gasteiger partial charge in [0.15, 0.2) is 0 Å². The Balaban J connectivity index is 1.41. The molecule has 2 aliphatic rings. The number of anilines is 1. The molecule has 186 valence electrons. The Morgan fingerprint density at radius 2 is 1.71 bits per heavy atom. The summed E-state index contributed by atoms with van der Waals surface area (Å²) in [4.78, 5) is 8.75. The normalized spacial score (nSPS) is 26.1. The van der Waals surface area contributed by atoms with Crippen LogP contribution in [0.5, 0.6) is 0 Å². The Kier molecular flexibility index (Phi) is 7.44. The quantitative estimate of drug-likeness (QED) is 0.626. The molecule has 1 saturated carbocycles. The van der Waals surface area contributed by atoms with Crippen molar-refractivity contribution in [2.45, 2.75) is 62.4 Å². The smallest absolute Gasteiger partial charge is 0.376 e. The summed E-state index contributed by atoms with van der Waals surface area (Å²) in [5.41, 5.74) is 1.75. The second-order valence-corrected chi connectivity index (χ2v) is 10.8. The van der Waals surface area contributed by atoms with E-state index in [2.05, 4.69) is 26.8 Å². The summed E-state index contributed by atoms with van der Waals surface area (Å²) in [5.74, 6) is -0.697. The lowest BCUT2D eigenvalue weighted by atomic mass is 9.83. The van der Waals surface area contributed by atoms with E-state index in [0.29, 0.717) is 24.6 Å². The Bertz CT molecular complexity index is 1040. The molecule has 0 unspecified atom stereocenters. The zero-order valence-electron chi connectivity index (χ0n) is 18.9. The lowest BCUT2D eigenvalue weighted by molar-refractivity contribution is -0.145. The van der Waals surface area contributed by atoms with Crippen molar-refractivity contribution >= 4 is 15.7 Å². The number of alkyl halides is 3. The SMILES string of the molecule is CS(=O)(=O)N[C@H]1CCN(c2cnc(C(F)(F)F)nc2)[C@H]1CO[C@H]1CC[C@@H](c2ccccc2)CC1. The van der Waals surface area contributed by atoms with Crippen molar-refractivity contribution in [2.75, 3.05) is 24.3 Å². The van der Waals surface area contributed by atoms with Crippen LogP contribution in [0.15, 0.2) is 42.7 Å². The lowest BCUT2D eigenvalue weighted by Gasteiger charge is -2.33. The second-order valence-electron chi connectivity index (χ2n) is 9.03. The van der Waals surface area contributed by atoms with Crippen LogP contribution in [0.1, 0.15) is 49.4 Å². The van der Waals surface area contributed by atoms with Gasteiger partial charge in [0, 0.05) is 12.6 Å². The topological polar surface area (TPSA) is 84.4 Å². The summed E-state index contributed by atoms with van der Waals surface area (Å²) in [5, 5.41) is 0. The van der Waals surface area contributed by atoms with E-state index in [1.807, 2.05) is 23.1 Å². The molecule has 7 nitrogen and oxygen atoms in total. The zero-order chi connectivity index (χ0) is 24.3. The average molecular weight is 499 g/mol. The molecular weight excluding hydrogens is 469 g/mol. The summed E-state index contributed by atoms with van der Waals surface area (Å²) in [6.45, 7) is 0.714. The largest absolute Gasteiger partial charge is 0.451 e. The van der Waals surface area contributed by atoms with Gasteiger partial charge in [-0.2, -0.15) is 13.2 Å². The highest BCUT2D eigenvalue weighted by Gasteiger charge is 2.39. The first kappa shape index (κ1) is 24.9. The van der Waals surface area contributed by atoms with E-state index in [-0.39, 0.29) is 18.8 Å². The summed E-state index contributed by atoms with van der Waals surface area (Å²) in [6.07, 6.45) is 3.15. The Morgan fingerprint density at radius 1 is 1.06 bits per heavy atom. The van der Waals surface area contributed by atoms with Gasteiger partial charge in [-0.25, -0.2) is 23.1 Å². The minimum Gasteiger partial charge on any atom is -0.376 e. The van der Waals surface area contributed by atoms with Crippen LogP contribution >= 0.6 is 0 Å². The van der Waals surface area contributed by atoms with Crippen LogP contribution in [0, 0.1) is 0 Å². The third-order valence-corrected chi connectivity index (χ3v) is 7.31. The van der Waals surface area contributed by atoms with E-state index in [0.717, 1.165) is 44.3 Å². The number of ether oxygens (including phenoxy) is 1. The van der Waals surface area contributed by atoms with Crippen molar-refractivity contribution in [2.24, 2.45) is 0 Å². The third kappa shape index (κ3) is 6.25. The van der Waals surface area contributed by atoms with Gasteiger partial charge in [0.1, 0.15) is 0 Å². The van der Waals surface area contributed by atoms with Gasteiger partial charge in [-0.15, -0.1) is 0 Å². The number of benzene rings is 1. The molecule has 1 aromatic heterocycles. The number of hydrogen-bond acceptors (Lipinski definition) is 6. The van der Waals surface area contributed by atoms with Crippen LogP contribution < -0.4 is 9.62 Å². The fourth-order valence-electron chi connectivity index (χ4n) is 4.93. The molecule has 1 N–H and O–H groups in total. The van der Waals surface area contributed by atoms with Crippen LogP contribution in [0.2, 0.25) is 0 Å². The first-order valence-corrected chi connectivity index (χ1v) is 13.3. The molecule has 34 heavy (non-hydrogen) atoms. The molecule has 0 amide bonds. The maximum absolute atomic E-state index is 12.8. The van der Waals surface area contributed by atoms with E-state index in [9.17, 15) is 21.6 Å². The minimum atomic E-state index is -4.62. The highest BCUT2D eigenvalue weighted by Crippen LogP contribution is 2.35. The average Bonchev–Trinajstić information content (AvgIpc) is 3.19. The highest BCUT2D eigenvalue weighted by atomic mass is 32.2. The van der Waals surface area contributed by atoms with Crippen molar-refractivity contribution in [1.82, 2.24) is 14.7 Å². The third-order valence-electron chi connectivity index (χ3n) is 6.58. The number of nitrogens with zero attached hydrogens (tertiary/aromatic N) is 3. The monoisotopic (exact) mass is 498 g/mol. The predicted molar refractivity (Wildman–Crippen MR) is 122 cm³/mol. The predicted octanol–water partition coefficient (Wildman–Crippen LogP) is 3.73. The molecule has 1 aliphatic heterocycles. The molecule has 2 heterocycles. The standard InChI is InChI=1S/C23H29F3N4O3S/c1-34(31,32)29-20-11-12-30(18-13-27-22(28-14-18)23(24,25)26)21(20)15-33-19-9-7-17(8-10-19)16-5-3-2-4-6-16/h2-6,13-14,17,19-21,29H,7-12,15H2,1H3/t17-,19+,20-,21-/m0/s1. The van der Waals surface area contributed by atoms with Gasteiger partial charge in [-0.05, 0) is 43.6 Å². The number of aromatic nitrogens is 2.